The normalized spacial score (nSPS) is 15.4. The molecule has 13 heteroatoms. The fourth-order valence-corrected chi connectivity index (χ4v) is 6.17. The second kappa shape index (κ2) is 16.6. The van der Waals surface area contributed by atoms with E-state index in [1.54, 1.807) is 18.2 Å². The number of alkyl carbamates (subject to hydrolysis) is 1. The van der Waals surface area contributed by atoms with Crippen molar-refractivity contribution in [1.29, 1.82) is 0 Å². The van der Waals surface area contributed by atoms with E-state index in [0.29, 0.717) is 88.9 Å². The average molecular weight is 626 g/mol. The minimum Gasteiger partial charge on any atom is -0.496 e. The average Bonchev–Trinajstić information content (AvgIpc) is 2.86. The number of nitrogens with one attached hydrogen (secondary N) is 1. The minimum absolute atomic E-state index is 0.00277. The number of halogens is 1. The van der Waals surface area contributed by atoms with E-state index in [4.69, 9.17) is 28.4 Å². The molecule has 1 saturated heterocycles. The van der Waals surface area contributed by atoms with E-state index in [1.807, 2.05) is 20.8 Å². The lowest BCUT2D eigenvalue weighted by molar-refractivity contribution is -0.0292. The molecule has 1 aliphatic rings. The number of carbonyl (C=O) groups is 1. The summed E-state index contributed by atoms with van der Waals surface area (Å²) in [4.78, 5) is 11.7. The number of hydrogen-bond donors (Lipinski definition) is 1. The van der Waals surface area contributed by atoms with Crippen molar-refractivity contribution in [3.8, 4) is 5.75 Å². The maximum Gasteiger partial charge on any atom is 0.407 e. The van der Waals surface area contributed by atoms with Gasteiger partial charge in [-0.3, -0.25) is 0 Å². The lowest BCUT2D eigenvalue weighted by atomic mass is 10.1. The summed E-state index contributed by atoms with van der Waals surface area (Å²) in [5.41, 5.74) is -0.521. The Morgan fingerprint density at radius 1 is 1.00 bits per heavy atom. The molecule has 38 heavy (non-hydrogen) atoms. The van der Waals surface area contributed by atoms with Crippen LogP contribution in [0.25, 0.3) is 0 Å². The van der Waals surface area contributed by atoms with Crippen molar-refractivity contribution in [2.24, 2.45) is 0 Å². The Morgan fingerprint density at radius 2 is 1.58 bits per heavy atom. The van der Waals surface area contributed by atoms with Crippen LogP contribution in [0.5, 0.6) is 5.75 Å². The number of benzene rings is 1. The van der Waals surface area contributed by atoms with E-state index in [-0.39, 0.29) is 11.0 Å². The van der Waals surface area contributed by atoms with Gasteiger partial charge in [0.05, 0.1) is 63.9 Å². The summed E-state index contributed by atoms with van der Waals surface area (Å²) in [6, 6.07) is 4.95. The third kappa shape index (κ3) is 11.7. The van der Waals surface area contributed by atoms with Gasteiger partial charge in [-0.1, -0.05) is 6.07 Å². The van der Waals surface area contributed by atoms with Gasteiger partial charge in [0.1, 0.15) is 16.2 Å². The van der Waals surface area contributed by atoms with Gasteiger partial charge in [0.15, 0.2) is 0 Å². The van der Waals surface area contributed by atoms with Crippen molar-refractivity contribution >= 4 is 32.0 Å². The molecule has 218 valence electrons. The highest BCUT2D eigenvalue weighted by atomic mass is 79.9. The van der Waals surface area contributed by atoms with Crippen molar-refractivity contribution in [3.63, 3.8) is 0 Å². The highest BCUT2D eigenvalue weighted by Crippen LogP contribution is 2.34. The Morgan fingerprint density at radius 3 is 2.16 bits per heavy atom. The molecule has 1 N–H and O–H groups in total. The third-order valence-electron chi connectivity index (χ3n) is 5.41. The smallest absolute Gasteiger partial charge is 0.407 e. The van der Waals surface area contributed by atoms with Crippen molar-refractivity contribution in [2.45, 2.75) is 50.2 Å². The Labute approximate surface area is 234 Å². The van der Waals surface area contributed by atoms with Crippen molar-refractivity contribution in [3.05, 3.63) is 22.7 Å². The van der Waals surface area contributed by atoms with E-state index < -0.39 is 21.7 Å². The fraction of sp³-hybridized carbons (Fsp3) is 0.720. The molecule has 1 fully saturated rings. The molecule has 1 aliphatic heterocycles. The second-order valence-electron chi connectivity index (χ2n) is 9.51. The summed E-state index contributed by atoms with van der Waals surface area (Å²) in [5.74, 6) is 0.479. The molecular weight excluding hydrogens is 584 g/mol. The van der Waals surface area contributed by atoms with Crippen LogP contribution in [0.1, 0.15) is 33.6 Å². The van der Waals surface area contributed by atoms with Crippen LogP contribution in [0.3, 0.4) is 0 Å². The van der Waals surface area contributed by atoms with Gasteiger partial charge in [0.25, 0.3) is 0 Å². The molecule has 0 aliphatic carbocycles. The van der Waals surface area contributed by atoms with Gasteiger partial charge in [-0.05, 0) is 61.7 Å². The monoisotopic (exact) mass is 624 g/mol. The lowest BCUT2D eigenvalue weighted by Crippen LogP contribution is -2.41. The Bertz CT molecular complexity index is 949. The molecule has 0 spiro atoms. The SMILES string of the molecule is COc1cccc(S(=O)(=O)N2CCC(OCCOCCOCCOCCNC(=O)OC(C)(C)C)CC2)c1Br. The number of rotatable bonds is 16. The highest BCUT2D eigenvalue weighted by Gasteiger charge is 2.31. The van der Waals surface area contributed by atoms with E-state index >= 15 is 0 Å². The van der Waals surface area contributed by atoms with Gasteiger partial charge in [0.2, 0.25) is 10.0 Å². The van der Waals surface area contributed by atoms with Gasteiger partial charge in [-0.2, -0.15) is 4.31 Å². The Kier molecular flexibility index (Phi) is 14.3. The molecule has 11 nitrogen and oxygen atoms in total. The summed E-state index contributed by atoms with van der Waals surface area (Å²) in [5, 5.41) is 2.62. The summed E-state index contributed by atoms with van der Waals surface area (Å²) in [6.07, 6.45) is 0.778. The zero-order valence-corrected chi connectivity index (χ0v) is 25.1. The number of amides is 1. The quantitative estimate of drug-likeness (QED) is 0.276. The van der Waals surface area contributed by atoms with E-state index in [2.05, 4.69) is 21.2 Å². The van der Waals surface area contributed by atoms with Crippen LogP contribution >= 0.6 is 15.9 Å². The number of hydrogen-bond acceptors (Lipinski definition) is 9. The van der Waals surface area contributed by atoms with Gasteiger partial charge >= 0.3 is 6.09 Å². The predicted octanol–water partition coefficient (Wildman–Crippen LogP) is 3.20. The van der Waals surface area contributed by atoms with Gasteiger partial charge in [-0.25, -0.2) is 13.2 Å². The van der Waals surface area contributed by atoms with Crippen LogP contribution in [0.2, 0.25) is 0 Å². The van der Waals surface area contributed by atoms with E-state index in [9.17, 15) is 13.2 Å². The van der Waals surface area contributed by atoms with Crippen molar-refractivity contribution < 1.29 is 41.6 Å². The number of nitrogens with zero attached hydrogens (tertiary/aromatic N) is 1. The molecule has 0 bridgehead atoms. The number of ether oxygens (including phenoxy) is 6. The molecular formula is C25H41BrN2O9S. The van der Waals surface area contributed by atoms with Crippen LogP contribution in [0.4, 0.5) is 4.79 Å². The largest absolute Gasteiger partial charge is 0.496 e. The molecule has 0 radical (unpaired) electrons. The minimum atomic E-state index is -3.62. The van der Waals surface area contributed by atoms with Crippen molar-refractivity contribution in [1.82, 2.24) is 9.62 Å². The van der Waals surface area contributed by atoms with Crippen LogP contribution in [0, 0.1) is 0 Å². The van der Waals surface area contributed by atoms with Crippen LogP contribution in [0.15, 0.2) is 27.6 Å². The van der Waals surface area contributed by atoms with Crippen LogP contribution in [-0.4, -0.2) is 104 Å². The van der Waals surface area contributed by atoms with Gasteiger partial charge < -0.3 is 33.7 Å². The molecule has 2 rings (SSSR count). The molecule has 1 aromatic rings. The maximum atomic E-state index is 13.1. The number of methoxy groups -OCH3 is 1. The standard InChI is InChI=1S/C25H41BrN2O9S/c1-25(2,3)37-24(29)27-10-13-33-14-15-34-16-17-35-18-19-36-20-8-11-28(12-9-20)38(30,31)22-7-5-6-21(32-4)23(22)26/h5-7,20H,8-19H2,1-4H3,(H,27,29). The zero-order valence-electron chi connectivity index (χ0n) is 22.7. The van der Waals surface area contributed by atoms with Crippen LogP contribution in [-0.2, 0) is 33.7 Å². The number of carbonyl (C=O) groups excluding carboxylic acids is 1. The first kappa shape index (κ1) is 32.7. The molecule has 1 aromatic carbocycles. The highest BCUT2D eigenvalue weighted by molar-refractivity contribution is 9.10. The third-order valence-corrected chi connectivity index (χ3v) is 8.43. The van der Waals surface area contributed by atoms with Gasteiger partial charge in [-0.15, -0.1) is 0 Å². The molecule has 0 saturated carbocycles. The predicted molar refractivity (Wildman–Crippen MR) is 145 cm³/mol. The van der Waals surface area contributed by atoms with E-state index in [0.717, 1.165) is 0 Å². The first-order valence-corrected chi connectivity index (χ1v) is 14.9. The first-order chi connectivity index (χ1) is 18.0. The fourth-order valence-electron chi connectivity index (χ4n) is 3.58. The Balaban J connectivity index is 1.47. The van der Waals surface area contributed by atoms with Crippen molar-refractivity contribution in [2.75, 3.05) is 73.0 Å². The molecule has 1 heterocycles. The number of sulfonamides is 1. The second-order valence-corrected chi connectivity index (χ2v) is 12.2. The van der Waals surface area contributed by atoms with Gasteiger partial charge in [0, 0.05) is 19.6 Å². The summed E-state index contributed by atoms with van der Waals surface area (Å²) in [6.45, 7) is 9.56. The molecule has 1 amide bonds. The lowest BCUT2D eigenvalue weighted by Gasteiger charge is -2.31. The number of piperidine rings is 1. The molecule has 0 unspecified atom stereocenters. The first-order valence-electron chi connectivity index (χ1n) is 12.7. The van der Waals surface area contributed by atoms with Crippen LogP contribution < -0.4 is 10.1 Å². The summed E-state index contributed by atoms with van der Waals surface area (Å²) >= 11 is 3.35. The topological polar surface area (TPSA) is 122 Å². The molecule has 0 atom stereocenters. The maximum absolute atomic E-state index is 13.1. The summed E-state index contributed by atoms with van der Waals surface area (Å²) in [7, 11) is -2.12. The molecule has 0 aromatic heterocycles. The van der Waals surface area contributed by atoms with E-state index in [1.165, 1.54) is 11.4 Å². The summed E-state index contributed by atoms with van der Waals surface area (Å²) < 4.78 is 60.6. The zero-order chi connectivity index (χ0) is 28.0. The Hall–Kier alpha value is -1.48.